The van der Waals surface area contributed by atoms with Crippen molar-refractivity contribution in [2.45, 2.75) is 18.9 Å². The Hall–Kier alpha value is -3.17. The summed E-state index contributed by atoms with van der Waals surface area (Å²) in [6.07, 6.45) is 0.978. The third-order valence-electron chi connectivity index (χ3n) is 4.86. The summed E-state index contributed by atoms with van der Waals surface area (Å²) in [6, 6.07) is 17.6. The van der Waals surface area contributed by atoms with Crippen LogP contribution in [0.3, 0.4) is 0 Å². The highest BCUT2D eigenvalue weighted by Crippen LogP contribution is 2.32. The second-order valence-corrected chi connectivity index (χ2v) is 6.68. The summed E-state index contributed by atoms with van der Waals surface area (Å²) >= 11 is 0. The topological polar surface area (TPSA) is 75.2 Å². The molecule has 0 aliphatic carbocycles. The second kappa shape index (κ2) is 7.60. The van der Waals surface area contributed by atoms with Gasteiger partial charge in [-0.15, -0.1) is 10.2 Å². The molecule has 27 heavy (non-hydrogen) atoms. The van der Waals surface area contributed by atoms with Crippen LogP contribution in [0.4, 0.5) is 0 Å². The number of rotatable bonds is 5. The summed E-state index contributed by atoms with van der Waals surface area (Å²) in [5, 5.41) is 17.5. The molecule has 3 aromatic rings. The van der Waals surface area contributed by atoms with Crippen molar-refractivity contribution in [2.75, 3.05) is 20.2 Å². The van der Waals surface area contributed by atoms with E-state index < -0.39 is 0 Å². The van der Waals surface area contributed by atoms with Gasteiger partial charge in [0, 0.05) is 13.1 Å². The van der Waals surface area contributed by atoms with Crippen LogP contribution < -0.4 is 4.74 Å². The Labute approximate surface area is 158 Å². The summed E-state index contributed by atoms with van der Waals surface area (Å²) in [5.41, 5.74) is 2.65. The van der Waals surface area contributed by atoms with Crippen LogP contribution in [-0.4, -0.2) is 35.3 Å². The molecular formula is C21H20N4O2. The molecule has 0 amide bonds. The molecule has 1 unspecified atom stereocenters. The third kappa shape index (κ3) is 3.69. The van der Waals surface area contributed by atoms with Crippen molar-refractivity contribution < 1.29 is 9.15 Å². The Morgan fingerprint density at radius 2 is 2.11 bits per heavy atom. The number of hydrogen-bond donors (Lipinski definition) is 0. The van der Waals surface area contributed by atoms with Crippen molar-refractivity contribution in [3.05, 3.63) is 65.5 Å². The molecule has 1 fully saturated rings. The first kappa shape index (κ1) is 17.3. The minimum Gasteiger partial charge on any atom is -0.496 e. The maximum Gasteiger partial charge on any atom is 0.251 e. The molecule has 0 N–H and O–H groups in total. The van der Waals surface area contributed by atoms with Crippen LogP contribution in [0, 0.1) is 11.3 Å². The summed E-state index contributed by atoms with van der Waals surface area (Å²) in [7, 11) is 1.63. The normalized spacial score (nSPS) is 17.0. The number of aromatic nitrogens is 2. The van der Waals surface area contributed by atoms with Gasteiger partial charge < -0.3 is 9.15 Å². The van der Waals surface area contributed by atoms with E-state index >= 15 is 0 Å². The van der Waals surface area contributed by atoms with Crippen molar-refractivity contribution in [3.63, 3.8) is 0 Å². The number of ether oxygens (including phenoxy) is 1. The van der Waals surface area contributed by atoms with Gasteiger partial charge in [-0.25, -0.2) is 0 Å². The highest BCUT2D eigenvalue weighted by atomic mass is 16.5. The molecule has 0 saturated carbocycles. The van der Waals surface area contributed by atoms with Gasteiger partial charge in [0.25, 0.3) is 5.89 Å². The summed E-state index contributed by atoms with van der Waals surface area (Å²) in [5.74, 6) is 2.10. The lowest BCUT2D eigenvalue weighted by atomic mass is 10.1. The molecule has 6 heteroatoms. The molecule has 1 atom stereocenters. The lowest BCUT2D eigenvalue weighted by Gasteiger charge is -2.15. The predicted octanol–water partition coefficient (Wildman–Crippen LogP) is 3.61. The molecule has 1 aliphatic rings. The zero-order valence-corrected chi connectivity index (χ0v) is 15.1. The zero-order chi connectivity index (χ0) is 18.6. The fourth-order valence-electron chi connectivity index (χ4n) is 3.50. The minimum atomic E-state index is 0.222. The molecule has 0 bridgehead atoms. The van der Waals surface area contributed by atoms with Crippen LogP contribution in [0.25, 0.3) is 11.5 Å². The Morgan fingerprint density at radius 3 is 2.96 bits per heavy atom. The van der Waals surface area contributed by atoms with Crippen molar-refractivity contribution in [2.24, 2.45) is 0 Å². The highest BCUT2D eigenvalue weighted by molar-refractivity contribution is 5.62. The molecule has 2 heterocycles. The molecular weight excluding hydrogens is 340 g/mol. The maximum atomic E-state index is 9.05. The summed E-state index contributed by atoms with van der Waals surface area (Å²) < 4.78 is 11.3. The average molecular weight is 360 g/mol. The maximum absolute atomic E-state index is 9.05. The lowest BCUT2D eigenvalue weighted by molar-refractivity contribution is 0.320. The fraction of sp³-hybridized carbons (Fsp3) is 0.286. The molecule has 4 rings (SSSR count). The standard InChI is InChI=1S/C21H20N4O2/c1-26-19-8-3-2-7-18(19)21-24-23-20(27-21)17-9-10-25(14-17)13-16-6-4-5-15(11-16)12-22/h2-8,11,17H,9-10,13-14H2,1H3. The van der Waals surface area contributed by atoms with Crippen LogP contribution in [0.15, 0.2) is 52.9 Å². The number of nitrogens with zero attached hydrogens (tertiary/aromatic N) is 4. The number of hydrogen-bond acceptors (Lipinski definition) is 6. The molecule has 0 spiro atoms. The van der Waals surface area contributed by atoms with Crippen LogP contribution >= 0.6 is 0 Å². The Morgan fingerprint density at radius 1 is 1.22 bits per heavy atom. The van der Waals surface area contributed by atoms with Crippen molar-refractivity contribution >= 4 is 0 Å². The van der Waals surface area contributed by atoms with Gasteiger partial charge in [-0.3, -0.25) is 4.90 Å². The van der Waals surface area contributed by atoms with Crippen LogP contribution in [-0.2, 0) is 6.54 Å². The number of nitriles is 1. The first-order valence-electron chi connectivity index (χ1n) is 8.95. The van der Waals surface area contributed by atoms with Gasteiger partial charge >= 0.3 is 0 Å². The van der Waals surface area contributed by atoms with E-state index in [1.54, 1.807) is 7.11 Å². The van der Waals surface area contributed by atoms with Crippen LogP contribution in [0.2, 0.25) is 0 Å². The van der Waals surface area contributed by atoms with Crippen molar-refractivity contribution in [3.8, 4) is 23.3 Å². The van der Waals surface area contributed by atoms with E-state index in [4.69, 9.17) is 14.4 Å². The van der Waals surface area contributed by atoms with Crippen LogP contribution in [0.5, 0.6) is 5.75 Å². The van der Waals surface area contributed by atoms with E-state index in [0.29, 0.717) is 17.3 Å². The molecule has 1 aliphatic heterocycles. The van der Waals surface area contributed by atoms with Crippen molar-refractivity contribution in [1.29, 1.82) is 5.26 Å². The summed E-state index contributed by atoms with van der Waals surface area (Å²) in [4.78, 5) is 2.36. The number of likely N-dealkylation sites (tertiary alicyclic amines) is 1. The lowest BCUT2D eigenvalue weighted by Crippen LogP contribution is -2.19. The first-order chi connectivity index (χ1) is 13.3. The highest BCUT2D eigenvalue weighted by Gasteiger charge is 2.28. The van der Waals surface area contributed by atoms with E-state index in [0.717, 1.165) is 42.9 Å². The predicted molar refractivity (Wildman–Crippen MR) is 100 cm³/mol. The van der Waals surface area contributed by atoms with Gasteiger partial charge in [0.05, 0.1) is 30.2 Å². The Bertz CT molecular complexity index is 976. The molecule has 0 radical (unpaired) electrons. The molecule has 1 saturated heterocycles. The summed E-state index contributed by atoms with van der Waals surface area (Å²) in [6.45, 7) is 2.65. The quantitative estimate of drug-likeness (QED) is 0.692. The fourth-order valence-corrected chi connectivity index (χ4v) is 3.50. The zero-order valence-electron chi connectivity index (χ0n) is 15.1. The van der Waals surface area contributed by atoms with Gasteiger partial charge in [-0.1, -0.05) is 24.3 Å². The molecule has 2 aromatic carbocycles. The van der Waals surface area contributed by atoms with E-state index in [1.807, 2.05) is 42.5 Å². The van der Waals surface area contributed by atoms with Gasteiger partial charge in [0.2, 0.25) is 5.89 Å². The number of methoxy groups -OCH3 is 1. The van der Waals surface area contributed by atoms with E-state index in [-0.39, 0.29) is 5.92 Å². The van der Waals surface area contributed by atoms with Gasteiger partial charge in [0.1, 0.15) is 5.75 Å². The van der Waals surface area contributed by atoms with E-state index in [1.165, 1.54) is 0 Å². The molecule has 136 valence electrons. The Balaban J connectivity index is 1.45. The third-order valence-corrected chi connectivity index (χ3v) is 4.86. The minimum absolute atomic E-state index is 0.222. The smallest absolute Gasteiger partial charge is 0.251 e. The van der Waals surface area contributed by atoms with Gasteiger partial charge in [-0.05, 0) is 42.8 Å². The number of para-hydroxylation sites is 1. The second-order valence-electron chi connectivity index (χ2n) is 6.68. The molecule has 6 nitrogen and oxygen atoms in total. The molecule has 1 aromatic heterocycles. The monoisotopic (exact) mass is 360 g/mol. The van der Waals surface area contributed by atoms with Gasteiger partial charge in [-0.2, -0.15) is 5.26 Å². The largest absolute Gasteiger partial charge is 0.496 e. The van der Waals surface area contributed by atoms with Crippen LogP contribution in [0.1, 0.15) is 29.4 Å². The Kier molecular flexibility index (Phi) is 4.86. The first-order valence-corrected chi connectivity index (χ1v) is 8.95. The van der Waals surface area contributed by atoms with Crippen molar-refractivity contribution in [1.82, 2.24) is 15.1 Å². The van der Waals surface area contributed by atoms with Gasteiger partial charge in [0.15, 0.2) is 0 Å². The van der Waals surface area contributed by atoms with E-state index in [2.05, 4.69) is 27.2 Å². The number of benzene rings is 2. The average Bonchev–Trinajstić information content (AvgIpc) is 3.37. The van der Waals surface area contributed by atoms with E-state index in [9.17, 15) is 0 Å². The SMILES string of the molecule is COc1ccccc1-c1nnc(C2CCN(Cc3cccc(C#N)c3)C2)o1.